The lowest BCUT2D eigenvalue weighted by Gasteiger charge is -1.59. The Kier molecular flexibility index (Phi) is 8.10. The van der Waals surface area contributed by atoms with Gasteiger partial charge in [-0.25, -0.2) is 9.59 Å². The minimum absolute atomic E-state index is 0.167. The van der Waals surface area contributed by atoms with Gasteiger partial charge in [-0.05, 0) is 0 Å². The van der Waals surface area contributed by atoms with Gasteiger partial charge in [-0.1, -0.05) is 0 Å². The summed E-state index contributed by atoms with van der Waals surface area (Å²) in [5.74, 6) is -2.85. The first-order valence-electron chi connectivity index (χ1n) is 1.90. The summed E-state index contributed by atoms with van der Waals surface area (Å²) in [7, 11) is 0. The lowest BCUT2D eigenvalue weighted by molar-refractivity contribution is -0.143. The van der Waals surface area contributed by atoms with Crippen molar-refractivity contribution in [2.24, 2.45) is 0 Å². The summed E-state index contributed by atoms with van der Waals surface area (Å²) in [5, 5.41) is 14.7. The van der Waals surface area contributed by atoms with Gasteiger partial charge in [-0.3, -0.25) is 9.59 Å². The maximum absolute atomic E-state index is 9.00. The number of aldehydes is 2. The number of carbonyl (C=O) groups excluding carboxylic acids is 2. The summed E-state index contributed by atoms with van der Waals surface area (Å²) in [6.45, 7) is 0. The largest absolute Gasteiger partial charge is 0.476 e. The molecule has 0 aliphatic heterocycles. The number of carboxylic acids is 2. The minimum Gasteiger partial charge on any atom is -0.476 e. The van der Waals surface area contributed by atoms with Gasteiger partial charge in [0.15, 0.2) is 0 Å². The zero-order valence-electron chi connectivity index (χ0n) is 4.68. The van der Waals surface area contributed by atoms with E-state index in [-0.39, 0.29) is 12.6 Å². The van der Waals surface area contributed by atoms with Crippen molar-refractivity contribution in [2.45, 2.75) is 0 Å². The van der Waals surface area contributed by atoms with E-state index >= 15 is 0 Å². The normalized spacial score (nSPS) is 6.40. The average molecular weight is 148 g/mol. The molecule has 0 unspecified atom stereocenters. The molecule has 56 valence electrons. The summed E-state index contributed by atoms with van der Waals surface area (Å²) in [6.07, 6.45) is -0.333. The van der Waals surface area contributed by atoms with E-state index in [0.29, 0.717) is 0 Å². The van der Waals surface area contributed by atoms with Gasteiger partial charge in [0.2, 0.25) is 12.6 Å². The summed E-state index contributed by atoms with van der Waals surface area (Å²) in [4.78, 5) is 35.8. The van der Waals surface area contributed by atoms with Crippen LogP contribution < -0.4 is 0 Å². The fraction of sp³-hybridized carbons (Fsp3) is 0. The van der Waals surface area contributed by atoms with Crippen molar-refractivity contribution >= 4 is 24.5 Å². The molecule has 0 fully saturated rings. The van der Waals surface area contributed by atoms with Crippen LogP contribution in [0.4, 0.5) is 0 Å². The van der Waals surface area contributed by atoms with Gasteiger partial charge in [0, 0.05) is 0 Å². The molecular formula is C4H4O6. The summed E-state index contributed by atoms with van der Waals surface area (Å²) >= 11 is 0. The second kappa shape index (κ2) is 7.28. The molecule has 6 heteroatoms. The number of hydrogen-bond donors (Lipinski definition) is 2. The van der Waals surface area contributed by atoms with Gasteiger partial charge >= 0.3 is 11.9 Å². The van der Waals surface area contributed by atoms with Gasteiger partial charge < -0.3 is 10.2 Å². The van der Waals surface area contributed by atoms with Crippen molar-refractivity contribution in [1.29, 1.82) is 0 Å². The molecule has 0 atom stereocenters. The van der Waals surface area contributed by atoms with Gasteiger partial charge in [0.05, 0.1) is 0 Å². The van der Waals surface area contributed by atoms with Crippen LogP contribution in [-0.2, 0) is 19.2 Å². The Hall–Kier alpha value is -1.72. The number of carbonyl (C=O) groups is 4. The van der Waals surface area contributed by atoms with Crippen LogP contribution in [0.3, 0.4) is 0 Å². The predicted octanol–water partition coefficient (Wildman–Crippen LogP) is -1.46. The van der Waals surface area contributed by atoms with Crippen LogP contribution in [-0.4, -0.2) is 34.7 Å². The van der Waals surface area contributed by atoms with E-state index < -0.39 is 11.9 Å². The highest BCUT2D eigenvalue weighted by Gasteiger charge is 1.81. The maximum atomic E-state index is 9.00. The maximum Gasteiger partial charge on any atom is 0.368 e. The third kappa shape index (κ3) is 33.7. The quantitative estimate of drug-likeness (QED) is 0.366. The zero-order chi connectivity index (χ0) is 8.57. The molecule has 0 bridgehead atoms. The Labute approximate surface area is 55.1 Å². The summed E-state index contributed by atoms with van der Waals surface area (Å²) < 4.78 is 0. The van der Waals surface area contributed by atoms with Crippen LogP contribution in [0, 0.1) is 0 Å². The Morgan fingerprint density at radius 3 is 1.00 bits per heavy atom. The number of rotatable bonds is 2. The average Bonchev–Trinajstić information content (AvgIpc) is 1.89. The number of carboxylic acid groups (broad SMARTS) is 2. The molecule has 10 heavy (non-hydrogen) atoms. The van der Waals surface area contributed by atoms with Crippen molar-refractivity contribution in [1.82, 2.24) is 0 Å². The first-order valence-corrected chi connectivity index (χ1v) is 1.90. The van der Waals surface area contributed by atoms with Crippen molar-refractivity contribution in [3.63, 3.8) is 0 Å². The molecule has 0 aromatic rings. The van der Waals surface area contributed by atoms with E-state index in [4.69, 9.17) is 29.4 Å². The lowest BCUT2D eigenvalue weighted by Crippen LogP contribution is -1.91. The molecule has 0 spiro atoms. The molecule has 2 N–H and O–H groups in total. The third-order valence-electron chi connectivity index (χ3n) is 0.202. The van der Waals surface area contributed by atoms with Crippen molar-refractivity contribution in [3.8, 4) is 0 Å². The Morgan fingerprint density at radius 1 is 0.900 bits per heavy atom. The number of hydrogen-bond acceptors (Lipinski definition) is 4. The van der Waals surface area contributed by atoms with E-state index in [1.165, 1.54) is 0 Å². The minimum atomic E-state index is -1.43. The summed E-state index contributed by atoms with van der Waals surface area (Å²) in [5.41, 5.74) is 0. The molecule has 0 aliphatic rings. The van der Waals surface area contributed by atoms with Gasteiger partial charge in [0.25, 0.3) is 0 Å². The number of aliphatic carboxylic acids is 2. The zero-order valence-corrected chi connectivity index (χ0v) is 4.68. The molecule has 0 aliphatic carbocycles. The van der Waals surface area contributed by atoms with E-state index in [2.05, 4.69) is 0 Å². The highest BCUT2D eigenvalue weighted by Crippen LogP contribution is 1.39. The second-order valence-corrected chi connectivity index (χ2v) is 0.912. The molecule has 0 radical (unpaired) electrons. The highest BCUT2D eigenvalue weighted by atomic mass is 16.4. The van der Waals surface area contributed by atoms with Crippen LogP contribution in [0.25, 0.3) is 0 Å². The standard InChI is InChI=1S/2C2H2O3/c2*3-1-2(4)5/h2*1H,(H,4,5). The Balaban J connectivity index is 0. The Morgan fingerprint density at radius 2 is 1.00 bits per heavy atom. The fourth-order valence-corrected chi connectivity index (χ4v) is 0. The van der Waals surface area contributed by atoms with Crippen LogP contribution in [0.5, 0.6) is 0 Å². The van der Waals surface area contributed by atoms with Gasteiger partial charge in [0.1, 0.15) is 0 Å². The van der Waals surface area contributed by atoms with E-state index in [9.17, 15) is 0 Å². The molecule has 6 nitrogen and oxygen atoms in total. The highest BCUT2D eigenvalue weighted by molar-refractivity contribution is 6.19. The second-order valence-electron chi connectivity index (χ2n) is 0.912. The van der Waals surface area contributed by atoms with Gasteiger partial charge in [-0.2, -0.15) is 0 Å². The molecule has 0 heterocycles. The van der Waals surface area contributed by atoms with Gasteiger partial charge in [-0.15, -0.1) is 0 Å². The van der Waals surface area contributed by atoms with Crippen LogP contribution in [0.1, 0.15) is 0 Å². The van der Waals surface area contributed by atoms with Crippen LogP contribution in [0.2, 0.25) is 0 Å². The molecule has 0 aromatic heterocycles. The molecule has 0 amide bonds. The smallest absolute Gasteiger partial charge is 0.368 e. The molecule has 0 rings (SSSR count). The first-order chi connectivity index (χ1) is 4.54. The molecule has 0 saturated heterocycles. The molecule has 0 aromatic carbocycles. The van der Waals surface area contributed by atoms with Crippen LogP contribution in [0.15, 0.2) is 0 Å². The van der Waals surface area contributed by atoms with Crippen LogP contribution >= 0.6 is 0 Å². The predicted molar refractivity (Wildman–Crippen MR) is 27.4 cm³/mol. The first kappa shape index (κ1) is 11.1. The molecular weight excluding hydrogens is 144 g/mol. The lowest BCUT2D eigenvalue weighted by atomic mass is 10.8. The van der Waals surface area contributed by atoms with E-state index in [1.807, 2.05) is 0 Å². The van der Waals surface area contributed by atoms with Crippen molar-refractivity contribution < 1.29 is 29.4 Å². The third-order valence-corrected chi connectivity index (χ3v) is 0.202. The van der Waals surface area contributed by atoms with E-state index in [1.54, 1.807) is 0 Å². The molecule has 0 saturated carbocycles. The topological polar surface area (TPSA) is 109 Å². The van der Waals surface area contributed by atoms with Crippen molar-refractivity contribution in [2.75, 3.05) is 0 Å². The Bertz CT molecular complexity index is 130. The SMILES string of the molecule is O=CC(=O)O.O=CC(=O)O. The fourth-order valence-electron chi connectivity index (χ4n) is 0. The monoisotopic (exact) mass is 148 g/mol. The van der Waals surface area contributed by atoms with Crippen molar-refractivity contribution in [3.05, 3.63) is 0 Å². The summed E-state index contributed by atoms with van der Waals surface area (Å²) in [6, 6.07) is 0. The van der Waals surface area contributed by atoms with E-state index in [0.717, 1.165) is 0 Å².